The smallest absolute Gasteiger partial charge is 0.289 e. The summed E-state index contributed by atoms with van der Waals surface area (Å²) in [7, 11) is -1.54. The van der Waals surface area contributed by atoms with Crippen LogP contribution in [0, 0.1) is 5.82 Å². The first kappa shape index (κ1) is 19.6. The molecule has 1 aromatic heterocycles. The summed E-state index contributed by atoms with van der Waals surface area (Å²) in [5.74, 6) is -0.0534. The van der Waals surface area contributed by atoms with Gasteiger partial charge in [-0.1, -0.05) is 0 Å². The summed E-state index contributed by atoms with van der Waals surface area (Å²) >= 11 is 0. The van der Waals surface area contributed by atoms with Gasteiger partial charge in [0.25, 0.3) is 5.91 Å². The van der Waals surface area contributed by atoms with E-state index in [1.165, 1.54) is 12.1 Å². The van der Waals surface area contributed by atoms with E-state index in [9.17, 15) is 17.6 Å². The highest BCUT2D eigenvalue weighted by atomic mass is 32.2. The average Bonchev–Trinajstić information content (AvgIpc) is 3.26. The van der Waals surface area contributed by atoms with Gasteiger partial charge >= 0.3 is 0 Å². The number of sulfone groups is 1. The third-order valence-corrected chi connectivity index (χ3v) is 6.35. The standard InChI is InChI=1S/C19H22FNO5S/c1-25-11-2-10-21(16-9-12-27(23,24)13-16)19(22)18-8-7-17(26-18)14-3-5-15(20)6-4-14/h3-8,16H,2,9-13H2,1H3. The molecule has 2 heterocycles. The second-order valence-electron chi connectivity index (χ2n) is 6.57. The predicted octanol–water partition coefficient (Wildman–Crippen LogP) is 2.75. The van der Waals surface area contributed by atoms with Crippen molar-refractivity contribution in [2.45, 2.75) is 18.9 Å². The number of ether oxygens (including phenoxy) is 1. The Labute approximate surface area is 157 Å². The van der Waals surface area contributed by atoms with Crippen molar-refractivity contribution in [3.8, 4) is 11.3 Å². The molecule has 0 N–H and O–H groups in total. The molecule has 3 rings (SSSR count). The van der Waals surface area contributed by atoms with Crippen LogP contribution >= 0.6 is 0 Å². The number of furan rings is 1. The van der Waals surface area contributed by atoms with E-state index in [-0.39, 0.29) is 35.0 Å². The summed E-state index contributed by atoms with van der Waals surface area (Å²) in [6.07, 6.45) is 1.02. The minimum Gasteiger partial charge on any atom is -0.451 e. The van der Waals surface area contributed by atoms with Gasteiger partial charge in [-0.3, -0.25) is 4.79 Å². The lowest BCUT2D eigenvalue weighted by atomic mass is 10.2. The topological polar surface area (TPSA) is 76.8 Å². The third kappa shape index (κ3) is 4.75. The Hall–Kier alpha value is -2.19. The van der Waals surface area contributed by atoms with Gasteiger partial charge in [-0.25, -0.2) is 12.8 Å². The van der Waals surface area contributed by atoms with Crippen molar-refractivity contribution in [1.29, 1.82) is 0 Å². The lowest BCUT2D eigenvalue weighted by Gasteiger charge is -2.27. The number of carbonyl (C=O) groups excluding carboxylic acids is 1. The van der Waals surface area contributed by atoms with Crippen molar-refractivity contribution in [1.82, 2.24) is 4.90 Å². The molecule has 1 unspecified atom stereocenters. The van der Waals surface area contributed by atoms with Crippen molar-refractivity contribution >= 4 is 15.7 Å². The lowest BCUT2D eigenvalue weighted by Crippen LogP contribution is -2.42. The maximum absolute atomic E-state index is 13.1. The van der Waals surface area contributed by atoms with Gasteiger partial charge in [0.05, 0.1) is 11.5 Å². The summed E-state index contributed by atoms with van der Waals surface area (Å²) in [4.78, 5) is 14.5. The van der Waals surface area contributed by atoms with E-state index in [1.54, 1.807) is 36.3 Å². The minimum absolute atomic E-state index is 0.0305. The van der Waals surface area contributed by atoms with Gasteiger partial charge in [-0.05, 0) is 49.2 Å². The minimum atomic E-state index is -3.12. The Balaban J connectivity index is 1.80. The van der Waals surface area contributed by atoms with E-state index >= 15 is 0 Å². The molecule has 1 aliphatic rings. The van der Waals surface area contributed by atoms with E-state index in [0.717, 1.165) is 0 Å². The zero-order valence-corrected chi connectivity index (χ0v) is 15.9. The molecule has 1 atom stereocenters. The fraction of sp³-hybridized carbons (Fsp3) is 0.421. The number of nitrogens with zero attached hydrogens (tertiary/aromatic N) is 1. The van der Waals surface area contributed by atoms with Crippen LogP contribution in [0.15, 0.2) is 40.8 Å². The Bertz CT molecular complexity index is 891. The molecule has 1 aromatic carbocycles. The molecular weight excluding hydrogens is 373 g/mol. The monoisotopic (exact) mass is 395 g/mol. The zero-order valence-electron chi connectivity index (χ0n) is 15.1. The molecule has 0 spiro atoms. The summed E-state index contributed by atoms with van der Waals surface area (Å²) in [6.45, 7) is 0.863. The Morgan fingerprint density at radius 3 is 2.63 bits per heavy atom. The lowest BCUT2D eigenvalue weighted by molar-refractivity contribution is 0.0643. The van der Waals surface area contributed by atoms with Crippen LogP contribution in [0.25, 0.3) is 11.3 Å². The molecular formula is C19H22FNO5S. The van der Waals surface area contributed by atoms with Gasteiger partial charge in [0.2, 0.25) is 0 Å². The molecule has 1 amide bonds. The Morgan fingerprint density at radius 2 is 2.00 bits per heavy atom. The normalized spacial score (nSPS) is 18.5. The van der Waals surface area contributed by atoms with Gasteiger partial charge in [0, 0.05) is 31.9 Å². The maximum atomic E-state index is 13.1. The first-order valence-electron chi connectivity index (χ1n) is 8.76. The summed E-state index contributed by atoms with van der Waals surface area (Å²) < 4.78 is 47.5. The third-order valence-electron chi connectivity index (χ3n) is 4.60. The first-order valence-corrected chi connectivity index (χ1v) is 10.6. The summed E-state index contributed by atoms with van der Waals surface area (Å²) in [5.41, 5.74) is 0.657. The molecule has 27 heavy (non-hydrogen) atoms. The number of hydrogen-bond donors (Lipinski definition) is 0. The largest absolute Gasteiger partial charge is 0.451 e. The van der Waals surface area contributed by atoms with Crippen LogP contribution in [0.3, 0.4) is 0 Å². The number of rotatable bonds is 7. The van der Waals surface area contributed by atoms with Crippen LogP contribution in [-0.2, 0) is 14.6 Å². The number of halogens is 1. The summed E-state index contributed by atoms with van der Waals surface area (Å²) in [6, 6.07) is 8.63. The van der Waals surface area contributed by atoms with Crippen LogP contribution in [0.2, 0.25) is 0 Å². The molecule has 1 fully saturated rings. The van der Waals surface area contributed by atoms with Crippen LogP contribution in [0.5, 0.6) is 0 Å². The van der Waals surface area contributed by atoms with Gasteiger partial charge in [0.1, 0.15) is 11.6 Å². The SMILES string of the molecule is COCCCN(C(=O)c1ccc(-c2ccc(F)cc2)o1)C1CCS(=O)(=O)C1. The van der Waals surface area contributed by atoms with Crippen LogP contribution < -0.4 is 0 Å². The molecule has 146 valence electrons. The Morgan fingerprint density at radius 1 is 1.26 bits per heavy atom. The molecule has 6 nitrogen and oxygen atoms in total. The molecule has 0 bridgehead atoms. The van der Waals surface area contributed by atoms with Gasteiger partial charge in [0.15, 0.2) is 15.6 Å². The van der Waals surface area contributed by atoms with E-state index < -0.39 is 9.84 Å². The van der Waals surface area contributed by atoms with E-state index in [1.807, 2.05) is 0 Å². The Kier molecular flexibility index (Phi) is 5.96. The van der Waals surface area contributed by atoms with Crippen molar-refractivity contribution < 1.29 is 26.8 Å². The number of hydrogen-bond acceptors (Lipinski definition) is 5. The number of benzene rings is 1. The highest BCUT2D eigenvalue weighted by molar-refractivity contribution is 7.91. The van der Waals surface area contributed by atoms with Crippen LogP contribution in [0.4, 0.5) is 4.39 Å². The predicted molar refractivity (Wildman–Crippen MR) is 98.7 cm³/mol. The fourth-order valence-corrected chi connectivity index (χ4v) is 4.94. The zero-order chi connectivity index (χ0) is 19.4. The van der Waals surface area contributed by atoms with Gasteiger partial charge in [-0.2, -0.15) is 0 Å². The van der Waals surface area contributed by atoms with Crippen molar-refractivity contribution in [3.63, 3.8) is 0 Å². The van der Waals surface area contributed by atoms with E-state index in [4.69, 9.17) is 9.15 Å². The molecule has 1 aliphatic heterocycles. The molecule has 1 saturated heterocycles. The highest BCUT2D eigenvalue weighted by Gasteiger charge is 2.35. The van der Waals surface area contributed by atoms with Gasteiger partial charge in [-0.15, -0.1) is 0 Å². The second-order valence-corrected chi connectivity index (χ2v) is 8.80. The molecule has 0 saturated carbocycles. The molecule has 8 heteroatoms. The van der Waals surface area contributed by atoms with Gasteiger partial charge < -0.3 is 14.1 Å². The molecule has 2 aromatic rings. The van der Waals surface area contributed by atoms with Crippen LogP contribution in [-0.4, -0.2) is 57.0 Å². The number of amides is 1. The summed E-state index contributed by atoms with van der Waals surface area (Å²) in [5, 5.41) is 0. The van der Waals surface area contributed by atoms with Crippen molar-refractivity contribution in [3.05, 3.63) is 48.0 Å². The van der Waals surface area contributed by atoms with E-state index in [2.05, 4.69) is 0 Å². The van der Waals surface area contributed by atoms with Crippen molar-refractivity contribution in [2.24, 2.45) is 0 Å². The molecule has 0 radical (unpaired) electrons. The first-order chi connectivity index (χ1) is 12.9. The quantitative estimate of drug-likeness (QED) is 0.674. The van der Waals surface area contributed by atoms with Crippen LogP contribution in [0.1, 0.15) is 23.4 Å². The van der Waals surface area contributed by atoms with Crippen molar-refractivity contribution in [2.75, 3.05) is 31.8 Å². The second kappa shape index (κ2) is 8.22. The number of carbonyl (C=O) groups is 1. The average molecular weight is 395 g/mol. The highest BCUT2D eigenvalue weighted by Crippen LogP contribution is 2.25. The van der Waals surface area contributed by atoms with E-state index in [0.29, 0.717) is 37.3 Å². The maximum Gasteiger partial charge on any atom is 0.289 e. The molecule has 0 aliphatic carbocycles. The fourth-order valence-electron chi connectivity index (χ4n) is 3.21. The number of methoxy groups -OCH3 is 1.